The van der Waals surface area contributed by atoms with Gasteiger partial charge in [-0.05, 0) is 11.0 Å². The van der Waals surface area contributed by atoms with E-state index >= 15 is 0 Å². The fourth-order valence-electron chi connectivity index (χ4n) is 1.54. The van der Waals surface area contributed by atoms with E-state index in [2.05, 4.69) is 20.8 Å². The summed E-state index contributed by atoms with van der Waals surface area (Å²) in [6.45, 7) is 6.41. The van der Waals surface area contributed by atoms with Gasteiger partial charge in [-0.2, -0.15) is 0 Å². The normalized spacial score (nSPS) is 11.5. The predicted octanol–water partition coefficient (Wildman–Crippen LogP) is 2.49. The lowest BCUT2D eigenvalue weighted by Gasteiger charge is -2.23. The Morgan fingerprint density at radius 3 is 2.36 bits per heavy atom. The molecule has 0 spiro atoms. The van der Waals surface area contributed by atoms with Crippen LogP contribution in [0.5, 0.6) is 5.75 Å². The lowest BCUT2D eigenvalue weighted by molar-refractivity contribution is 0.272. The molecule has 1 aromatic rings. The van der Waals surface area contributed by atoms with Crippen molar-refractivity contribution < 1.29 is 9.84 Å². The average molecular weight is 194 g/mol. The zero-order chi connectivity index (χ0) is 10.8. The molecule has 14 heavy (non-hydrogen) atoms. The average Bonchev–Trinajstić information content (AvgIpc) is 2.15. The molecule has 0 atom stereocenters. The smallest absolute Gasteiger partial charge is 0.128 e. The molecule has 0 fully saturated rings. The molecule has 0 saturated heterocycles. The number of rotatable bonds is 2. The molecular formula is C12H18O2. The molecular weight excluding hydrogens is 176 g/mol. The van der Waals surface area contributed by atoms with Crippen molar-refractivity contribution in [2.75, 3.05) is 7.11 Å². The fourth-order valence-corrected chi connectivity index (χ4v) is 1.54. The molecule has 0 aliphatic rings. The van der Waals surface area contributed by atoms with Crippen LogP contribution in [-0.2, 0) is 12.0 Å². The highest BCUT2D eigenvalue weighted by Crippen LogP contribution is 2.33. The summed E-state index contributed by atoms with van der Waals surface area (Å²) in [6.07, 6.45) is 0. The number of benzene rings is 1. The first-order valence-corrected chi connectivity index (χ1v) is 4.78. The minimum Gasteiger partial charge on any atom is -0.496 e. The van der Waals surface area contributed by atoms with Gasteiger partial charge in [-0.25, -0.2) is 0 Å². The van der Waals surface area contributed by atoms with Crippen molar-refractivity contribution in [1.82, 2.24) is 0 Å². The molecule has 1 rings (SSSR count). The third-order valence-electron chi connectivity index (χ3n) is 2.28. The quantitative estimate of drug-likeness (QED) is 0.783. The van der Waals surface area contributed by atoms with Gasteiger partial charge in [0.1, 0.15) is 5.75 Å². The van der Waals surface area contributed by atoms with Crippen LogP contribution in [0.3, 0.4) is 0 Å². The van der Waals surface area contributed by atoms with Gasteiger partial charge < -0.3 is 9.84 Å². The van der Waals surface area contributed by atoms with Crippen LogP contribution < -0.4 is 4.74 Å². The largest absolute Gasteiger partial charge is 0.496 e. The van der Waals surface area contributed by atoms with Crippen LogP contribution in [0.4, 0.5) is 0 Å². The van der Waals surface area contributed by atoms with Crippen LogP contribution in [0.15, 0.2) is 18.2 Å². The molecule has 1 N–H and O–H groups in total. The highest BCUT2D eigenvalue weighted by molar-refractivity contribution is 5.44. The summed E-state index contributed by atoms with van der Waals surface area (Å²) in [5.41, 5.74) is 2.02. The van der Waals surface area contributed by atoms with Crippen LogP contribution in [0.1, 0.15) is 31.9 Å². The number of aliphatic hydroxyl groups excluding tert-OH is 1. The first-order chi connectivity index (χ1) is 6.50. The minimum atomic E-state index is 0.0209. The maximum Gasteiger partial charge on any atom is 0.128 e. The van der Waals surface area contributed by atoms with Crippen LogP contribution >= 0.6 is 0 Å². The highest BCUT2D eigenvalue weighted by atomic mass is 16.5. The molecule has 0 radical (unpaired) electrons. The first kappa shape index (κ1) is 11.1. The number of para-hydroxylation sites is 1. The SMILES string of the molecule is COc1c(CO)cccc1C(C)(C)C. The van der Waals surface area contributed by atoms with Gasteiger partial charge in [0.05, 0.1) is 13.7 Å². The second-order valence-corrected chi connectivity index (χ2v) is 4.41. The van der Waals surface area contributed by atoms with Gasteiger partial charge >= 0.3 is 0 Å². The molecule has 0 aliphatic heterocycles. The zero-order valence-electron chi connectivity index (χ0n) is 9.29. The lowest BCUT2D eigenvalue weighted by Crippen LogP contribution is -2.13. The topological polar surface area (TPSA) is 29.5 Å². The van der Waals surface area contributed by atoms with Crippen molar-refractivity contribution in [2.45, 2.75) is 32.8 Å². The van der Waals surface area contributed by atoms with Gasteiger partial charge in [0, 0.05) is 5.56 Å². The van der Waals surface area contributed by atoms with Crippen LogP contribution in [0, 0.1) is 0 Å². The summed E-state index contributed by atoms with van der Waals surface area (Å²) in [4.78, 5) is 0. The molecule has 0 amide bonds. The van der Waals surface area contributed by atoms with E-state index in [1.165, 1.54) is 0 Å². The third-order valence-corrected chi connectivity index (χ3v) is 2.28. The molecule has 2 nitrogen and oxygen atoms in total. The summed E-state index contributed by atoms with van der Waals surface area (Å²) < 4.78 is 5.33. The molecule has 0 aliphatic carbocycles. The Morgan fingerprint density at radius 2 is 1.93 bits per heavy atom. The maximum absolute atomic E-state index is 9.16. The highest BCUT2D eigenvalue weighted by Gasteiger charge is 2.20. The van der Waals surface area contributed by atoms with Crippen molar-refractivity contribution in [3.05, 3.63) is 29.3 Å². The van der Waals surface area contributed by atoms with E-state index in [1.54, 1.807) is 7.11 Å². The van der Waals surface area contributed by atoms with E-state index < -0.39 is 0 Å². The molecule has 78 valence electrons. The first-order valence-electron chi connectivity index (χ1n) is 4.78. The Bertz CT molecular complexity index is 311. The second kappa shape index (κ2) is 4.01. The maximum atomic E-state index is 9.16. The summed E-state index contributed by atoms with van der Waals surface area (Å²) >= 11 is 0. The monoisotopic (exact) mass is 194 g/mol. The van der Waals surface area contributed by atoms with Gasteiger partial charge in [0.2, 0.25) is 0 Å². The summed E-state index contributed by atoms with van der Waals surface area (Å²) in [5, 5.41) is 9.16. The van der Waals surface area contributed by atoms with Gasteiger partial charge in [-0.3, -0.25) is 0 Å². The van der Waals surface area contributed by atoms with E-state index in [9.17, 15) is 0 Å². The van der Waals surface area contributed by atoms with E-state index in [0.717, 1.165) is 16.9 Å². The fraction of sp³-hybridized carbons (Fsp3) is 0.500. The molecule has 0 saturated carbocycles. The molecule has 0 unspecified atom stereocenters. The lowest BCUT2D eigenvalue weighted by atomic mass is 9.85. The summed E-state index contributed by atoms with van der Waals surface area (Å²) in [6, 6.07) is 5.88. The van der Waals surface area contributed by atoms with Crippen LogP contribution in [0.25, 0.3) is 0 Å². The predicted molar refractivity (Wildman–Crippen MR) is 57.6 cm³/mol. The molecule has 1 aromatic carbocycles. The van der Waals surface area contributed by atoms with Gasteiger partial charge in [0.15, 0.2) is 0 Å². The van der Waals surface area contributed by atoms with Crippen molar-refractivity contribution in [3.63, 3.8) is 0 Å². The van der Waals surface area contributed by atoms with Crippen molar-refractivity contribution in [2.24, 2.45) is 0 Å². The Kier molecular flexibility index (Phi) is 3.17. The van der Waals surface area contributed by atoms with Crippen LogP contribution in [-0.4, -0.2) is 12.2 Å². The Labute approximate surface area is 85.5 Å². The number of aliphatic hydroxyl groups is 1. The van der Waals surface area contributed by atoms with Gasteiger partial charge in [-0.15, -0.1) is 0 Å². The van der Waals surface area contributed by atoms with E-state index in [-0.39, 0.29) is 12.0 Å². The summed E-state index contributed by atoms with van der Waals surface area (Å²) in [5.74, 6) is 0.808. The second-order valence-electron chi connectivity index (χ2n) is 4.41. The van der Waals surface area contributed by atoms with E-state index in [1.807, 2.05) is 18.2 Å². The number of ether oxygens (including phenoxy) is 1. The van der Waals surface area contributed by atoms with E-state index in [4.69, 9.17) is 9.84 Å². The number of hydrogen-bond donors (Lipinski definition) is 1. The molecule has 0 aromatic heterocycles. The number of hydrogen-bond acceptors (Lipinski definition) is 2. The molecule has 0 heterocycles. The molecule has 0 bridgehead atoms. The van der Waals surface area contributed by atoms with Crippen molar-refractivity contribution >= 4 is 0 Å². The number of methoxy groups -OCH3 is 1. The van der Waals surface area contributed by atoms with Gasteiger partial charge in [-0.1, -0.05) is 39.0 Å². The minimum absolute atomic E-state index is 0.0209. The van der Waals surface area contributed by atoms with Crippen LogP contribution in [0.2, 0.25) is 0 Å². The van der Waals surface area contributed by atoms with Crippen molar-refractivity contribution in [3.8, 4) is 5.75 Å². The third kappa shape index (κ3) is 2.07. The Morgan fingerprint density at radius 1 is 1.29 bits per heavy atom. The summed E-state index contributed by atoms with van der Waals surface area (Å²) in [7, 11) is 1.64. The Hall–Kier alpha value is -1.02. The standard InChI is InChI=1S/C12H18O2/c1-12(2,3)10-7-5-6-9(8-13)11(10)14-4/h5-7,13H,8H2,1-4H3. The Balaban J connectivity index is 3.29. The zero-order valence-corrected chi connectivity index (χ0v) is 9.29. The van der Waals surface area contributed by atoms with E-state index in [0.29, 0.717) is 0 Å². The van der Waals surface area contributed by atoms with Gasteiger partial charge in [0.25, 0.3) is 0 Å². The molecule has 2 heteroatoms. The van der Waals surface area contributed by atoms with Crippen molar-refractivity contribution in [1.29, 1.82) is 0 Å².